The van der Waals surface area contributed by atoms with E-state index in [0.717, 1.165) is 11.1 Å². The summed E-state index contributed by atoms with van der Waals surface area (Å²) in [6.45, 7) is 2.75. The van der Waals surface area contributed by atoms with Crippen molar-refractivity contribution in [3.8, 4) is 0 Å². The zero-order chi connectivity index (χ0) is 12.7. The van der Waals surface area contributed by atoms with Crippen LogP contribution in [0, 0.1) is 0 Å². The van der Waals surface area contributed by atoms with Crippen molar-refractivity contribution < 1.29 is 9.59 Å². The van der Waals surface area contributed by atoms with Gasteiger partial charge in [-0.2, -0.15) is 0 Å². The van der Waals surface area contributed by atoms with E-state index in [1.165, 1.54) is 0 Å². The van der Waals surface area contributed by atoms with Crippen LogP contribution in [0.1, 0.15) is 24.5 Å². The van der Waals surface area contributed by atoms with Gasteiger partial charge in [-0.3, -0.25) is 9.59 Å². The monoisotopic (exact) mass is 230 g/mol. The largest absolute Gasteiger partial charge is 0.362 e. The van der Waals surface area contributed by atoms with Gasteiger partial charge in [0.1, 0.15) is 0 Å². The van der Waals surface area contributed by atoms with Crippen LogP contribution in [0.5, 0.6) is 0 Å². The van der Waals surface area contributed by atoms with E-state index >= 15 is 0 Å². The lowest BCUT2D eigenvalue weighted by molar-refractivity contribution is -0.120. The van der Waals surface area contributed by atoms with Crippen LogP contribution in [0.2, 0.25) is 0 Å². The number of carbonyl (C=O) groups is 2. The average Bonchev–Trinajstić information content (AvgIpc) is 2.34. The zero-order valence-corrected chi connectivity index (χ0v) is 9.82. The second-order valence-corrected chi connectivity index (χ2v) is 3.66. The molecule has 1 aromatic rings. The molecule has 0 atom stereocenters. The second kappa shape index (κ2) is 6.73. The number of hydrogen-bond acceptors (Lipinski definition) is 2. The van der Waals surface area contributed by atoms with Gasteiger partial charge in [-0.05, 0) is 11.1 Å². The van der Waals surface area contributed by atoms with Crippen LogP contribution in [0.15, 0.2) is 24.3 Å². The Bertz CT molecular complexity index is 390. The number of nitrogens with one attached hydrogen (secondary N) is 2. The number of benzene rings is 1. The lowest BCUT2D eigenvalue weighted by Gasteiger charge is -2.06. The third-order valence-electron chi connectivity index (χ3n) is 2.30. The minimum Gasteiger partial charge on any atom is -0.362 e. The molecule has 0 heterocycles. The fourth-order valence-electron chi connectivity index (χ4n) is 1.29. The summed E-state index contributed by atoms with van der Waals surface area (Å²) in [4.78, 5) is 21.6. The number of hydrogen-bond donors (Lipinski definition) is 2. The molecular formula is C12H15BN2O2. The molecule has 0 fully saturated rings. The number of amides is 2. The third kappa shape index (κ3) is 5.20. The number of rotatable bonds is 5. The number of carbonyl (C=O) groups excluding carboxylic acids is 2. The Hall–Kier alpha value is -1.78. The van der Waals surface area contributed by atoms with E-state index in [1.807, 2.05) is 31.2 Å². The van der Waals surface area contributed by atoms with E-state index in [4.69, 9.17) is 7.85 Å². The van der Waals surface area contributed by atoms with Crippen molar-refractivity contribution in [1.82, 2.24) is 10.6 Å². The Morgan fingerprint density at radius 2 is 1.53 bits per heavy atom. The Labute approximate surface area is 102 Å². The quantitative estimate of drug-likeness (QED) is 0.744. The highest BCUT2D eigenvalue weighted by molar-refractivity contribution is 6.57. The Morgan fingerprint density at radius 3 is 1.94 bits per heavy atom. The van der Waals surface area contributed by atoms with Gasteiger partial charge in [-0.25, -0.2) is 0 Å². The molecule has 0 spiro atoms. The highest BCUT2D eigenvalue weighted by Crippen LogP contribution is 2.04. The van der Waals surface area contributed by atoms with E-state index in [1.54, 1.807) is 0 Å². The van der Waals surface area contributed by atoms with Crippen LogP contribution in [0.3, 0.4) is 0 Å². The van der Waals surface area contributed by atoms with Crippen LogP contribution in [-0.4, -0.2) is 19.6 Å². The first kappa shape index (κ1) is 13.3. The zero-order valence-electron chi connectivity index (χ0n) is 9.82. The fourth-order valence-corrected chi connectivity index (χ4v) is 1.29. The summed E-state index contributed by atoms with van der Waals surface area (Å²) >= 11 is 0. The maximum absolute atomic E-state index is 11.1. The summed E-state index contributed by atoms with van der Waals surface area (Å²) in [7, 11) is 4.97. The molecule has 88 valence electrons. The average molecular weight is 230 g/mol. The predicted octanol–water partition coefficient (Wildman–Crippen LogP) is 1.09. The molecule has 0 unspecified atom stereocenters. The molecule has 0 saturated heterocycles. The van der Waals surface area contributed by atoms with Crippen molar-refractivity contribution in [2.75, 3.05) is 0 Å². The van der Waals surface area contributed by atoms with Crippen LogP contribution >= 0.6 is 0 Å². The molecule has 2 N–H and O–H groups in total. The molecule has 0 aliphatic heterocycles. The van der Waals surface area contributed by atoms with Gasteiger partial charge in [0, 0.05) is 19.5 Å². The van der Waals surface area contributed by atoms with Gasteiger partial charge in [-0.1, -0.05) is 31.2 Å². The summed E-state index contributed by atoms with van der Waals surface area (Å²) in [6, 6.07) is 7.61. The first-order chi connectivity index (χ1) is 8.11. The van der Waals surface area contributed by atoms with Gasteiger partial charge in [0.2, 0.25) is 13.8 Å². The summed E-state index contributed by atoms with van der Waals surface area (Å²) < 4.78 is 0. The molecule has 0 bridgehead atoms. The first-order valence-corrected chi connectivity index (χ1v) is 5.49. The summed E-state index contributed by atoms with van der Waals surface area (Å²) in [5.41, 5.74) is 1.99. The van der Waals surface area contributed by atoms with Crippen molar-refractivity contribution in [3.63, 3.8) is 0 Å². The summed E-state index contributed by atoms with van der Waals surface area (Å²) in [6.07, 6.45) is 0.487. The summed E-state index contributed by atoms with van der Waals surface area (Å²) in [5, 5.41) is 5.30. The van der Waals surface area contributed by atoms with Crippen molar-refractivity contribution in [2.45, 2.75) is 26.4 Å². The Kier molecular flexibility index (Phi) is 5.26. The molecule has 0 aromatic heterocycles. The lowest BCUT2D eigenvalue weighted by atomic mass is 10.1. The molecular weight excluding hydrogens is 215 g/mol. The second-order valence-electron chi connectivity index (χ2n) is 3.66. The summed E-state index contributed by atoms with van der Waals surface area (Å²) in [5.74, 6) is -0.506. The van der Waals surface area contributed by atoms with Gasteiger partial charge in [0.15, 0.2) is 5.81 Å². The van der Waals surface area contributed by atoms with E-state index in [2.05, 4.69) is 10.6 Å². The maximum atomic E-state index is 11.1. The molecule has 4 nitrogen and oxygen atoms in total. The smallest absolute Gasteiger partial charge is 0.219 e. The molecule has 2 radical (unpaired) electrons. The maximum Gasteiger partial charge on any atom is 0.219 e. The molecule has 1 rings (SSSR count). The topological polar surface area (TPSA) is 58.2 Å². The van der Waals surface area contributed by atoms with Crippen LogP contribution in [-0.2, 0) is 17.9 Å². The van der Waals surface area contributed by atoms with Gasteiger partial charge in [0.05, 0.1) is 0 Å². The van der Waals surface area contributed by atoms with Gasteiger partial charge >= 0.3 is 0 Å². The van der Waals surface area contributed by atoms with Gasteiger partial charge < -0.3 is 10.6 Å². The molecule has 2 amide bonds. The third-order valence-corrected chi connectivity index (χ3v) is 2.30. The predicted molar refractivity (Wildman–Crippen MR) is 66.6 cm³/mol. The minimum absolute atomic E-state index is 0.0319. The Morgan fingerprint density at radius 1 is 1.06 bits per heavy atom. The van der Waals surface area contributed by atoms with Crippen molar-refractivity contribution >= 4 is 19.6 Å². The molecule has 5 heteroatoms. The van der Waals surface area contributed by atoms with Gasteiger partial charge in [-0.15, -0.1) is 0 Å². The van der Waals surface area contributed by atoms with Crippen LogP contribution in [0.25, 0.3) is 0 Å². The lowest BCUT2D eigenvalue weighted by Crippen LogP contribution is -2.22. The van der Waals surface area contributed by atoms with E-state index in [9.17, 15) is 9.59 Å². The highest BCUT2D eigenvalue weighted by atomic mass is 16.1. The highest BCUT2D eigenvalue weighted by Gasteiger charge is 1.98. The fraction of sp³-hybridized carbons (Fsp3) is 0.333. The van der Waals surface area contributed by atoms with Crippen molar-refractivity contribution in [1.29, 1.82) is 0 Å². The SMILES string of the molecule is [B]C(=O)NCc1ccc(CNC(=O)CC)cc1. The molecule has 0 aliphatic carbocycles. The van der Waals surface area contributed by atoms with Crippen LogP contribution < -0.4 is 10.6 Å². The first-order valence-electron chi connectivity index (χ1n) is 5.49. The van der Waals surface area contributed by atoms with E-state index < -0.39 is 5.81 Å². The van der Waals surface area contributed by atoms with Crippen molar-refractivity contribution in [3.05, 3.63) is 35.4 Å². The molecule has 0 saturated carbocycles. The molecule has 0 aliphatic rings. The van der Waals surface area contributed by atoms with Gasteiger partial charge in [0.25, 0.3) is 0 Å². The standard InChI is InChI=1S/C12H15BN2O2/c1-2-11(16)14-7-9-3-5-10(6-4-9)8-15-12(13)17/h3-6H,2,7-8H2,1H3,(H,14,16)(H,15,17). The normalized spacial score (nSPS) is 9.71. The van der Waals surface area contributed by atoms with Crippen LogP contribution in [0.4, 0.5) is 4.79 Å². The van der Waals surface area contributed by atoms with E-state index in [0.29, 0.717) is 19.5 Å². The molecule has 1 aromatic carbocycles. The molecule has 17 heavy (non-hydrogen) atoms. The van der Waals surface area contributed by atoms with Crippen molar-refractivity contribution in [2.24, 2.45) is 0 Å². The minimum atomic E-state index is -0.538. The van der Waals surface area contributed by atoms with E-state index in [-0.39, 0.29) is 5.91 Å². The Balaban J connectivity index is 2.44.